The molecule has 1 aliphatic heterocycles. The van der Waals surface area contributed by atoms with Gasteiger partial charge in [-0.15, -0.1) is 0 Å². The number of nitrogens with zero attached hydrogens (tertiary/aromatic N) is 2. The van der Waals surface area contributed by atoms with Gasteiger partial charge in [0.25, 0.3) is 0 Å². The van der Waals surface area contributed by atoms with Gasteiger partial charge in [-0.3, -0.25) is 9.69 Å². The van der Waals surface area contributed by atoms with Crippen molar-refractivity contribution in [2.75, 3.05) is 18.4 Å². The standard InChI is InChI=1S/C18H18Br2FN3O/c19-14-2-1-13(16(21)9-14)11-24-7-5-12(6-8-24)18(25)23-17-4-3-15(20)10-22-17/h1-4,9-10,12H,5-8,11H2,(H,22,23,25). The number of rotatable bonds is 4. The Kier molecular flexibility index (Phi) is 6.19. The highest BCUT2D eigenvalue weighted by Crippen LogP contribution is 2.23. The summed E-state index contributed by atoms with van der Waals surface area (Å²) in [4.78, 5) is 18.7. The van der Waals surface area contributed by atoms with Gasteiger partial charge >= 0.3 is 0 Å². The smallest absolute Gasteiger partial charge is 0.228 e. The van der Waals surface area contributed by atoms with E-state index in [1.807, 2.05) is 12.1 Å². The number of aromatic nitrogens is 1. The number of carbonyl (C=O) groups is 1. The third-order valence-electron chi connectivity index (χ3n) is 4.35. The first-order valence-electron chi connectivity index (χ1n) is 8.10. The predicted molar refractivity (Wildman–Crippen MR) is 103 cm³/mol. The van der Waals surface area contributed by atoms with Crippen LogP contribution in [0.1, 0.15) is 18.4 Å². The summed E-state index contributed by atoms with van der Waals surface area (Å²) >= 11 is 6.59. The van der Waals surface area contributed by atoms with Crippen molar-refractivity contribution in [1.29, 1.82) is 0 Å². The molecule has 25 heavy (non-hydrogen) atoms. The number of likely N-dealkylation sites (tertiary alicyclic amines) is 1. The second kappa shape index (κ2) is 8.38. The molecule has 3 rings (SSSR count). The van der Waals surface area contributed by atoms with E-state index in [1.54, 1.807) is 18.3 Å². The summed E-state index contributed by atoms with van der Waals surface area (Å²) in [5, 5.41) is 2.86. The number of piperidine rings is 1. The molecule has 1 saturated heterocycles. The maximum absolute atomic E-state index is 13.9. The highest BCUT2D eigenvalue weighted by molar-refractivity contribution is 9.10. The van der Waals surface area contributed by atoms with Crippen molar-refractivity contribution in [2.24, 2.45) is 5.92 Å². The van der Waals surface area contributed by atoms with Crippen molar-refractivity contribution in [3.63, 3.8) is 0 Å². The summed E-state index contributed by atoms with van der Waals surface area (Å²) in [5.41, 5.74) is 0.685. The van der Waals surface area contributed by atoms with Crippen molar-refractivity contribution < 1.29 is 9.18 Å². The van der Waals surface area contributed by atoms with Crippen LogP contribution in [0.4, 0.5) is 10.2 Å². The quantitative estimate of drug-likeness (QED) is 0.710. The Balaban J connectivity index is 1.51. The first-order chi connectivity index (χ1) is 12.0. The van der Waals surface area contributed by atoms with Gasteiger partial charge in [0.15, 0.2) is 0 Å². The highest BCUT2D eigenvalue weighted by Gasteiger charge is 2.25. The molecule has 132 valence electrons. The number of hydrogen-bond acceptors (Lipinski definition) is 3. The number of carbonyl (C=O) groups excluding carboxylic acids is 1. The van der Waals surface area contributed by atoms with Crippen LogP contribution in [-0.4, -0.2) is 28.9 Å². The van der Waals surface area contributed by atoms with Crippen molar-refractivity contribution in [2.45, 2.75) is 19.4 Å². The van der Waals surface area contributed by atoms with E-state index in [2.05, 4.69) is 47.1 Å². The van der Waals surface area contributed by atoms with E-state index in [-0.39, 0.29) is 17.6 Å². The van der Waals surface area contributed by atoms with Gasteiger partial charge in [0, 0.05) is 33.2 Å². The number of hydrogen-bond donors (Lipinski definition) is 1. The number of benzene rings is 1. The fourth-order valence-corrected chi connectivity index (χ4v) is 3.49. The zero-order valence-electron chi connectivity index (χ0n) is 13.5. The van der Waals surface area contributed by atoms with E-state index in [0.29, 0.717) is 17.9 Å². The average Bonchev–Trinajstić information content (AvgIpc) is 2.60. The Labute approximate surface area is 163 Å². The van der Waals surface area contributed by atoms with Crippen LogP contribution < -0.4 is 5.32 Å². The summed E-state index contributed by atoms with van der Waals surface area (Å²) in [6.45, 7) is 2.13. The van der Waals surface area contributed by atoms with Gasteiger partial charge < -0.3 is 5.32 Å². The zero-order chi connectivity index (χ0) is 17.8. The van der Waals surface area contributed by atoms with E-state index < -0.39 is 0 Å². The molecule has 1 N–H and O–H groups in total. The van der Waals surface area contributed by atoms with E-state index in [0.717, 1.165) is 34.9 Å². The lowest BCUT2D eigenvalue weighted by atomic mass is 9.95. The van der Waals surface area contributed by atoms with Gasteiger partial charge in [-0.1, -0.05) is 22.0 Å². The number of nitrogens with one attached hydrogen (secondary N) is 1. The SMILES string of the molecule is O=C(Nc1ccc(Br)cn1)C1CCN(Cc2ccc(Br)cc2F)CC1. The molecule has 4 nitrogen and oxygen atoms in total. The molecule has 1 aromatic carbocycles. The van der Waals surface area contributed by atoms with Crippen LogP contribution in [0.15, 0.2) is 45.5 Å². The summed E-state index contributed by atoms with van der Waals surface area (Å²) in [6, 6.07) is 8.76. The van der Waals surface area contributed by atoms with Gasteiger partial charge in [0.2, 0.25) is 5.91 Å². The summed E-state index contributed by atoms with van der Waals surface area (Å²) in [7, 11) is 0. The summed E-state index contributed by atoms with van der Waals surface area (Å²) in [6.07, 6.45) is 3.19. The van der Waals surface area contributed by atoms with Gasteiger partial charge in [0.1, 0.15) is 11.6 Å². The minimum Gasteiger partial charge on any atom is -0.310 e. The fourth-order valence-electron chi connectivity index (χ4n) is 2.92. The van der Waals surface area contributed by atoms with Crippen molar-refractivity contribution in [3.8, 4) is 0 Å². The number of halogens is 3. The predicted octanol–water partition coefficient (Wildman–Crippen LogP) is 4.60. The van der Waals surface area contributed by atoms with Gasteiger partial charge in [0.05, 0.1) is 0 Å². The second-order valence-corrected chi connectivity index (χ2v) is 7.97. The minimum absolute atomic E-state index is 0.00398. The number of amides is 1. The zero-order valence-corrected chi connectivity index (χ0v) is 16.7. The van der Waals surface area contributed by atoms with Crippen LogP contribution in [0.25, 0.3) is 0 Å². The van der Waals surface area contributed by atoms with Crippen LogP contribution in [-0.2, 0) is 11.3 Å². The molecule has 0 atom stereocenters. The molecule has 7 heteroatoms. The van der Waals surface area contributed by atoms with E-state index in [4.69, 9.17) is 0 Å². The second-order valence-electron chi connectivity index (χ2n) is 6.14. The van der Waals surface area contributed by atoms with Crippen LogP contribution in [0.3, 0.4) is 0 Å². The molecule has 2 heterocycles. The molecular weight excluding hydrogens is 453 g/mol. The fraction of sp³-hybridized carbons (Fsp3) is 0.333. The van der Waals surface area contributed by atoms with E-state index in [9.17, 15) is 9.18 Å². The Morgan fingerprint density at radius 3 is 2.56 bits per heavy atom. The Bertz CT molecular complexity index is 746. The monoisotopic (exact) mass is 469 g/mol. The molecule has 1 aliphatic rings. The molecule has 0 radical (unpaired) electrons. The third kappa shape index (κ3) is 5.09. The van der Waals surface area contributed by atoms with Gasteiger partial charge in [-0.25, -0.2) is 9.37 Å². The summed E-state index contributed by atoms with van der Waals surface area (Å²) in [5.74, 6) is 0.337. The van der Waals surface area contributed by atoms with Crippen molar-refractivity contribution >= 4 is 43.6 Å². The molecule has 1 aromatic heterocycles. The first kappa shape index (κ1) is 18.5. The molecule has 0 bridgehead atoms. The van der Waals surface area contributed by atoms with Crippen molar-refractivity contribution in [1.82, 2.24) is 9.88 Å². The van der Waals surface area contributed by atoms with Crippen LogP contribution in [0, 0.1) is 11.7 Å². The number of pyridine rings is 1. The molecule has 0 aliphatic carbocycles. The normalized spacial score (nSPS) is 16.0. The summed E-state index contributed by atoms with van der Waals surface area (Å²) < 4.78 is 15.6. The third-order valence-corrected chi connectivity index (χ3v) is 5.31. The maximum atomic E-state index is 13.9. The van der Waals surface area contributed by atoms with Crippen molar-refractivity contribution in [3.05, 3.63) is 56.9 Å². The van der Waals surface area contributed by atoms with Gasteiger partial charge in [-0.05, 0) is 66.1 Å². The van der Waals surface area contributed by atoms with Crippen LogP contribution in [0.2, 0.25) is 0 Å². The molecule has 0 spiro atoms. The Morgan fingerprint density at radius 2 is 1.92 bits per heavy atom. The Morgan fingerprint density at radius 1 is 1.20 bits per heavy atom. The lowest BCUT2D eigenvalue weighted by Gasteiger charge is -2.31. The van der Waals surface area contributed by atoms with Crippen LogP contribution in [0.5, 0.6) is 0 Å². The maximum Gasteiger partial charge on any atom is 0.228 e. The first-order valence-corrected chi connectivity index (χ1v) is 9.68. The highest BCUT2D eigenvalue weighted by atomic mass is 79.9. The molecule has 0 saturated carbocycles. The molecule has 1 amide bonds. The van der Waals surface area contributed by atoms with Gasteiger partial charge in [-0.2, -0.15) is 0 Å². The lowest BCUT2D eigenvalue weighted by Crippen LogP contribution is -2.38. The van der Waals surface area contributed by atoms with E-state index >= 15 is 0 Å². The largest absolute Gasteiger partial charge is 0.310 e. The minimum atomic E-state index is -0.199. The van der Waals surface area contributed by atoms with E-state index in [1.165, 1.54) is 6.07 Å². The molecule has 0 unspecified atom stereocenters. The molecule has 2 aromatic rings. The molecule has 1 fully saturated rings. The average molecular weight is 471 g/mol. The lowest BCUT2D eigenvalue weighted by molar-refractivity contribution is -0.121. The number of anilines is 1. The molecular formula is C18H18Br2FN3O. The Hall–Kier alpha value is -1.31. The van der Waals surface area contributed by atoms with Crippen LogP contribution >= 0.6 is 31.9 Å². The topological polar surface area (TPSA) is 45.2 Å².